The van der Waals surface area contributed by atoms with Crippen LogP contribution in [0.15, 0.2) is 53.2 Å². The zero-order chi connectivity index (χ0) is 29.6. The van der Waals surface area contributed by atoms with Crippen LogP contribution in [-0.4, -0.2) is 60.3 Å². The third-order valence-electron chi connectivity index (χ3n) is 6.63. The molecule has 0 radical (unpaired) electrons. The van der Waals surface area contributed by atoms with Gasteiger partial charge >= 0.3 is 11.9 Å². The topological polar surface area (TPSA) is 113 Å². The molecule has 0 bridgehead atoms. The average molecular weight is 582 g/mol. The highest BCUT2D eigenvalue weighted by Crippen LogP contribution is 2.29. The summed E-state index contributed by atoms with van der Waals surface area (Å²) in [5.74, 6) is -0.476. The van der Waals surface area contributed by atoms with Gasteiger partial charge in [0.15, 0.2) is 0 Å². The van der Waals surface area contributed by atoms with Gasteiger partial charge in [-0.15, -0.1) is 0 Å². The van der Waals surface area contributed by atoms with Crippen LogP contribution in [0.2, 0.25) is 0 Å². The predicted octanol–water partition coefficient (Wildman–Crippen LogP) is 6.56. The third kappa shape index (κ3) is 10.6. The lowest BCUT2D eigenvalue weighted by molar-refractivity contribution is -0.138. The van der Waals surface area contributed by atoms with E-state index in [-0.39, 0.29) is 25.4 Å². The number of nitrogens with zero attached hydrogens (tertiary/aromatic N) is 1. The molecule has 41 heavy (non-hydrogen) atoms. The second-order valence-corrected chi connectivity index (χ2v) is 10.9. The zero-order valence-electron chi connectivity index (χ0n) is 23.8. The molecule has 3 aromatic rings. The molecule has 0 aliphatic rings. The normalized spacial score (nSPS) is 10.8. The van der Waals surface area contributed by atoms with Crippen molar-refractivity contribution < 1.29 is 34.1 Å². The van der Waals surface area contributed by atoms with Crippen LogP contribution < -0.4 is 9.47 Å². The van der Waals surface area contributed by atoms with Gasteiger partial charge in [-0.05, 0) is 95.4 Å². The number of carbonyl (C=O) groups is 3. The molecule has 1 heterocycles. The third-order valence-corrected chi connectivity index (χ3v) is 7.32. The molecule has 0 aliphatic heterocycles. The average Bonchev–Trinajstić information content (AvgIpc) is 3.48. The molecular formula is C32H39NO7S. The molecule has 8 nitrogen and oxygen atoms in total. The molecule has 2 N–H and O–H groups in total. The smallest absolute Gasteiger partial charge is 0.303 e. The minimum atomic E-state index is -0.866. The SMILES string of the molecule is CN(C)C(=O)c1cc(OCCCCCCc2cccc(OCCCC(=O)O)c2CCC(=O)O)cc(-c2ccsc2)c1. The van der Waals surface area contributed by atoms with E-state index >= 15 is 0 Å². The van der Waals surface area contributed by atoms with Crippen molar-refractivity contribution in [1.82, 2.24) is 4.90 Å². The number of amides is 1. The first-order valence-corrected chi connectivity index (χ1v) is 14.9. The first-order chi connectivity index (χ1) is 19.7. The lowest BCUT2D eigenvalue weighted by atomic mass is 9.97. The van der Waals surface area contributed by atoms with Crippen LogP contribution in [0.25, 0.3) is 11.1 Å². The van der Waals surface area contributed by atoms with E-state index in [1.807, 2.05) is 41.8 Å². The molecule has 220 valence electrons. The highest BCUT2D eigenvalue weighted by atomic mass is 32.1. The highest BCUT2D eigenvalue weighted by Gasteiger charge is 2.14. The number of hydrogen-bond donors (Lipinski definition) is 2. The molecule has 1 amide bonds. The van der Waals surface area contributed by atoms with Crippen molar-refractivity contribution in [3.8, 4) is 22.6 Å². The monoisotopic (exact) mass is 581 g/mol. The maximum Gasteiger partial charge on any atom is 0.303 e. The first-order valence-electron chi connectivity index (χ1n) is 13.9. The lowest BCUT2D eigenvalue weighted by Gasteiger charge is -2.15. The Balaban J connectivity index is 1.51. The summed E-state index contributed by atoms with van der Waals surface area (Å²) in [5.41, 5.74) is 4.58. The summed E-state index contributed by atoms with van der Waals surface area (Å²) >= 11 is 1.61. The lowest BCUT2D eigenvalue weighted by Crippen LogP contribution is -2.21. The number of ether oxygens (including phenoxy) is 2. The summed E-state index contributed by atoms with van der Waals surface area (Å²) in [5, 5.41) is 22.1. The van der Waals surface area contributed by atoms with Crippen LogP contribution in [0.3, 0.4) is 0 Å². The first kappa shape index (κ1) is 31.7. The zero-order valence-corrected chi connectivity index (χ0v) is 24.6. The summed E-state index contributed by atoms with van der Waals surface area (Å²) in [7, 11) is 3.47. The van der Waals surface area contributed by atoms with Gasteiger partial charge in [-0.1, -0.05) is 25.0 Å². The summed E-state index contributed by atoms with van der Waals surface area (Å²) < 4.78 is 11.9. The quantitative estimate of drug-likeness (QED) is 0.164. The molecule has 0 spiro atoms. The molecule has 0 saturated heterocycles. The Morgan fingerprint density at radius 3 is 2.27 bits per heavy atom. The van der Waals surface area contributed by atoms with Gasteiger partial charge in [0, 0.05) is 32.5 Å². The number of aryl methyl sites for hydroxylation is 1. The van der Waals surface area contributed by atoms with Crippen molar-refractivity contribution in [2.24, 2.45) is 0 Å². The fraction of sp³-hybridized carbons (Fsp3) is 0.406. The Morgan fingerprint density at radius 1 is 0.805 bits per heavy atom. The molecular weight excluding hydrogens is 542 g/mol. The van der Waals surface area contributed by atoms with E-state index < -0.39 is 11.9 Å². The van der Waals surface area contributed by atoms with Crippen LogP contribution in [0, 0.1) is 0 Å². The van der Waals surface area contributed by atoms with E-state index in [1.165, 1.54) is 0 Å². The maximum atomic E-state index is 12.6. The van der Waals surface area contributed by atoms with Crippen molar-refractivity contribution in [2.75, 3.05) is 27.3 Å². The Hall–Kier alpha value is -3.85. The molecule has 0 aliphatic carbocycles. The van der Waals surface area contributed by atoms with Gasteiger partial charge in [0.25, 0.3) is 5.91 Å². The number of carbonyl (C=O) groups excluding carboxylic acids is 1. The number of unbranched alkanes of at least 4 members (excludes halogenated alkanes) is 3. The Kier molecular flexibility index (Phi) is 12.7. The van der Waals surface area contributed by atoms with Gasteiger partial charge in [0.05, 0.1) is 13.2 Å². The van der Waals surface area contributed by atoms with Gasteiger partial charge in [-0.2, -0.15) is 11.3 Å². The number of rotatable bonds is 18. The summed E-state index contributed by atoms with van der Waals surface area (Å²) in [6.07, 6.45) is 5.39. The minimum absolute atomic E-state index is 0.00923. The molecule has 2 aromatic carbocycles. The molecule has 3 rings (SSSR count). The molecule has 0 fully saturated rings. The largest absolute Gasteiger partial charge is 0.494 e. The van der Waals surface area contributed by atoms with Crippen molar-refractivity contribution >= 4 is 29.2 Å². The van der Waals surface area contributed by atoms with Crippen LogP contribution in [-0.2, 0) is 22.4 Å². The Morgan fingerprint density at radius 2 is 1.56 bits per heavy atom. The Labute approximate surface area is 245 Å². The van der Waals surface area contributed by atoms with E-state index in [0.717, 1.165) is 54.4 Å². The second-order valence-electron chi connectivity index (χ2n) is 10.1. The van der Waals surface area contributed by atoms with Crippen molar-refractivity contribution in [3.05, 3.63) is 69.9 Å². The van der Waals surface area contributed by atoms with E-state index in [0.29, 0.717) is 36.5 Å². The van der Waals surface area contributed by atoms with Crippen LogP contribution >= 0.6 is 11.3 Å². The summed E-state index contributed by atoms with van der Waals surface area (Å²) in [6.45, 7) is 0.822. The minimum Gasteiger partial charge on any atom is -0.494 e. The predicted molar refractivity (Wildman–Crippen MR) is 160 cm³/mol. The summed E-state index contributed by atoms with van der Waals surface area (Å²) in [4.78, 5) is 36.2. The summed E-state index contributed by atoms with van der Waals surface area (Å²) in [6, 6.07) is 13.4. The maximum absolute atomic E-state index is 12.6. The molecule has 9 heteroatoms. The van der Waals surface area contributed by atoms with Crippen LogP contribution in [0.5, 0.6) is 11.5 Å². The molecule has 0 saturated carbocycles. The second kappa shape index (κ2) is 16.4. The number of carboxylic acid groups (broad SMARTS) is 2. The number of benzene rings is 2. The number of carboxylic acids is 2. The van der Waals surface area contributed by atoms with Gasteiger partial charge in [-0.3, -0.25) is 14.4 Å². The number of aliphatic carboxylic acids is 2. The Bertz CT molecular complexity index is 1290. The van der Waals surface area contributed by atoms with E-state index in [2.05, 4.69) is 5.38 Å². The van der Waals surface area contributed by atoms with Gasteiger partial charge in [0.1, 0.15) is 11.5 Å². The molecule has 0 unspecified atom stereocenters. The van der Waals surface area contributed by atoms with Gasteiger partial charge < -0.3 is 24.6 Å². The van der Waals surface area contributed by atoms with Gasteiger partial charge in [-0.25, -0.2) is 0 Å². The van der Waals surface area contributed by atoms with Crippen molar-refractivity contribution in [3.63, 3.8) is 0 Å². The highest BCUT2D eigenvalue weighted by molar-refractivity contribution is 7.08. The van der Waals surface area contributed by atoms with Crippen LogP contribution in [0.4, 0.5) is 0 Å². The number of thiophene rings is 1. The number of hydrogen-bond acceptors (Lipinski definition) is 6. The van der Waals surface area contributed by atoms with E-state index in [4.69, 9.17) is 14.6 Å². The van der Waals surface area contributed by atoms with Crippen molar-refractivity contribution in [1.29, 1.82) is 0 Å². The fourth-order valence-corrected chi connectivity index (χ4v) is 5.19. The fourth-order valence-electron chi connectivity index (χ4n) is 4.52. The molecule has 0 atom stereocenters. The van der Waals surface area contributed by atoms with Crippen LogP contribution in [0.1, 0.15) is 66.4 Å². The van der Waals surface area contributed by atoms with Crippen molar-refractivity contribution in [2.45, 2.75) is 57.8 Å². The van der Waals surface area contributed by atoms with E-state index in [9.17, 15) is 19.5 Å². The van der Waals surface area contributed by atoms with E-state index in [1.54, 1.807) is 36.4 Å². The molecule has 1 aromatic heterocycles. The van der Waals surface area contributed by atoms with Gasteiger partial charge in [0.2, 0.25) is 0 Å². The standard InChI is InChI=1S/C32H39NO7S/c1-33(2)32(38)26-19-25(24-15-18-41-22-24)20-27(21-26)39-16-6-4-3-5-9-23-10-7-11-29(28(23)13-14-31(36)37)40-17-8-12-30(34)35/h7,10-11,15,18-22H,3-6,8-9,12-14,16-17H2,1-2H3,(H,34,35)(H,36,37).